The molecule has 0 bridgehead atoms. The van der Waals surface area contributed by atoms with Crippen LogP contribution in [0.2, 0.25) is 0 Å². The summed E-state index contributed by atoms with van der Waals surface area (Å²) in [5, 5.41) is 20.3. The van der Waals surface area contributed by atoms with Gasteiger partial charge in [-0.2, -0.15) is 5.26 Å². The van der Waals surface area contributed by atoms with Crippen LogP contribution in [-0.4, -0.2) is 29.7 Å². The van der Waals surface area contributed by atoms with Gasteiger partial charge in [-0.1, -0.05) is 12.8 Å². The molecule has 0 radical (unpaired) electrons. The molecule has 0 aliphatic heterocycles. The fraction of sp³-hybridized carbons (Fsp3) is 0.833. The third kappa shape index (κ3) is 4.33. The first-order chi connectivity index (χ1) is 8.19. The Kier molecular flexibility index (Phi) is 5.95. The molecule has 0 saturated heterocycles. The van der Waals surface area contributed by atoms with Crippen LogP contribution in [0.3, 0.4) is 0 Å². The Bertz CT molecular complexity index is 288. The predicted octanol–water partition coefficient (Wildman–Crippen LogP) is 0.285. The summed E-state index contributed by atoms with van der Waals surface area (Å²) in [5.41, 5.74) is 5.91. The molecule has 1 amide bonds. The number of nitrogens with two attached hydrogens (primary N) is 1. The average molecular weight is 239 g/mol. The first-order valence-electron chi connectivity index (χ1n) is 6.25. The van der Waals surface area contributed by atoms with Crippen molar-refractivity contribution in [2.24, 2.45) is 11.7 Å². The molecule has 1 saturated carbocycles. The van der Waals surface area contributed by atoms with Crippen LogP contribution in [0.25, 0.3) is 0 Å². The van der Waals surface area contributed by atoms with E-state index in [0.717, 1.165) is 25.7 Å². The first-order valence-corrected chi connectivity index (χ1v) is 6.25. The van der Waals surface area contributed by atoms with Crippen LogP contribution in [0, 0.1) is 17.2 Å². The van der Waals surface area contributed by atoms with Crippen LogP contribution in [0.5, 0.6) is 0 Å². The van der Waals surface area contributed by atoms with Gasteiger partial charge in [0, 0.05) is 12.6 Å². The second-order valence-corrected chi connectivity index (χ2v) is 4.61. The van der Waals surface area contributed by atoms with Crippen LogP contribution < -0.4 is 11.1 Å². The van der Waals surface area contributed by atoms with Crippen molar-refractivity contribution in [1.82, 2.24) is 5.32 Å². The van der Waals surface area contributed by atoms with E-state index < -0.39 is 6.04 Å². The van der Waals surface area contributed by atoms with Gasteiger partial charge in [-0.3, -0.25) is 4.79 Å². The number of hydrogen-bond acceptors (Lipinski definition) is 4. The van der Waals surface area contributed by atoms with E-state index in [1.54, 1.807) is 0 Å². The minimum absolute atomic E-state index is 0.0387. The second kappa shape index (κ2) is 7.25. The van der Waals surface area contributed by atoms with E-state index in [2.05, 4.69) is 5.32 Å². The molecule has 96 valence electrons. The highest BCUT2D eigenvalue weighted by molar-refractivity contribution is 5.80. The molecule has 0 spiro atoms. The van der Waals surface area contributed by atoms with Crippen LogP contribution in [0.4, 0.5) is 0 Å². The number of carbonyl (C=O) groups is 1. The lowest BCUT2D eigenvalue weighted by molar-refractivity contribution is -0.126. The predicted molar refractivity (Wildman–Crippen MR) is 63.8 cm³/mol. The number of aliphatic hydroxyl groups excluding tert-OH is 1. The van der Waals surface area contributed by atoms with Crippen molar-refractivity contribution in [2.45, 2.75) is 50.6 Å². The van der Waals surface area contributed by atoms with Gasteiger partial charge < -0.3 is 16.2 Å². The van der Waals surface area contributed by atoms with Crippen molar-refractivity contribution < 1.29 is 9.90 Å². The van der Waals surface area contributed by atoms with Gasteiger partial charge in [0.05, 0.1) is 12.0 Å². The summed E-state index contributed by atoms with van der Waals surface area (Å²) < 4.78 is 0. The average Bonchev–Trinajstić information content (AvgIpc) is 2.34. The number of aliphatic hydroxyl groups is 1. The topological polar surface area (TPSA) is 99.1 Å². The zero-order chi connectivity index (χ0) is 12.7. The monoisotopic (exact) mass is 239 g/mol. The third-order valence-electron chi connectivity index (χ3n) is 3.28. The van der Waals surface area contributed by atoms with Crippen molar-refractivity contribution in [2.75, 3.05) is 6.61 Å². The number of nitriles is 1. The molecule has 1 rings (SSSR count). The van der Waals surface area contributed by atoms with Gasteiger partial charge in [0.25, 0.3) is 0 Å². The number of nitrogens with zero attached hydrogens (tertiary/aromatic N) is 1. The summed E-state index contributed by atoms with van der Waals surface area (Å²) in [6.07, 6.45) is 4.81. The van der Waals surface area contributed by atoms with Crippen molar-refractivity contribution in [3.63, 3.8) is 0 Å². The number of rotatable bonds is 5. The molecule has 1 fully saturated rings. The van der Waals surface area contributed by atoms with Crippen LogP contribution >= 0.6 is 0 Å². The Morgan fingerprint density at radius 2 is 2.24 bits per heavy atom. The highest BCUT2D eigenvalue weighted by atomic mass is 16.3. The molecule has 5 nitrogen and oxygen atoms in total. The highest BCUT2D eigenvalue weighted by Crippen LogP contribution is 2.23. The zero-order valence-electron chi connectivity index (χ0n) is 10.1. The Morgan fingerprint density at radius 1 is 1.53 bits per heavy atom. The number of carbonyl (C=O) groups excluding carboxylic acids is 1. The maximum atomic E-state index is 11.9. The zero-order valence-corrected chi connectivity index (χ0v) is 10.1. The van der Waals surface area contributed by atoms with E-state index in [1.165, 1.54) is 0 Å². The molecule has 0 heterocycles. The van der Waals surface area contributed by atoms with E-state index in [-0.39, 0.29) is 24.5 Å². The molecular weight excluding hydrogens is 218 g/mol. The van der Waals surface area contributed by atoms with Crippen LogP contribution in [0.15, 0.2) is 0 Å². The summed E-state index contributed by atoms with van der Waals surface area (Å²) in [6.45, 7) is 0.0387. The summed E-state index contributed by atoms with van der Waals surface area (Å²) in [7, 11) is 0. The van der Waals surface area contributed by atoms with Gasteiger partial charge in [-0.15, -0.1) is 0 Å². The van der Waals surface area contributed by atoms with Gasteiger partial charge in [0.1, 0.15) is 6.04 Å². The lowest BCUT2D eigenvalue weighted by atomic mass is 9.84. The van der Waals surface area contributed by atoms with Crippen molar-refractivity contribution >= 4 is 5.91 Å². The molecule has 0 aromatic carbocycles. The number of amides is 1. The van der Waals surface area contributed by atoms with Gasteiger partial charge in [-0.25, -0.2) is 0 Å². The molecular formula is C12H21N3O2. The smallest absolute Gasteiger partial charge is 0.225 e. The van der Waals surface area contributed by atoms with Gasteiger partial charge in [-0.05, 0) is 25.7 Å². The lowest BCUT2D eigenvalue weighted by Gasteiger charge is -2.28. The van der Waals surface area contributed by atoms with Crippen LogP contribution in [0.1, 0.15) is 38.5 Å². The summed E-state index contributed by atoms with van der Waals surface area (Å²) in [5.74, 6) is -0.268. The highest BCUT2D eigenvalue weighted by Gasteiger charge is 2.29. The summed E-state index contributed by atoms with van der Waals surface area (Å²) >= 11 is 0. The lowest BCUT2D eigenvalue weighted by Crippen LogP contribution is -2.46. The quantitative estimate of drug-likeness (QED) is 0.642. The van der Waals surface area contributed by atoms with E-state index in [0.29, 0.717) is 12.8 Å². The fourth-order valence-electron chi connectivity index (χ4n) is 2.23. The molecule has 1 aliphatic rings. The Balaban J connectivity index is 2.43. The van der Waals surface area contributed by atoms with Crippen LogP contribution in [-0.2, 0) is 4.79 Å². The number of nitrogens with one attached hydrogen (secondary N) is 1. The molecule has 4 N–H and O–H groups in total. The largest absolute Gasteiger partial charge is 0.396 e. The normalized spacial score (nSPS) is 25.9. The Labute approximate surface area is 102 Å². The van der Waals surface area contributed by atoms with Gasteiger partial charge in [0.2, 0.25) is 5.91 Å². The maximum absolute atomic E-state index is 11.9. The molecule has 5 heteroatoms. The summed E-state index contributed by atoms with van der Waals surface area (Å²) in [6, 6.07) is 1.44. The molecule has 0 aromatic heterocycles. The Morgan fingerprint density at radius 3 is 2.82 bits per heavy atom. The van der Waals surface area contributed by atoms with Crippen molar-refractivity contribution in [3.8, 4) is 6.07 Å². The third-order valence-corrected chi connectivity index (χ3v) is 3.28. The van der Waals surface area contributed by atoms with Crippen molar-refractivity contribution in [3.05, 3.63) is 0 Å². The SMILES string of the molecule is N#CC(CCCO)NC(=O)[C@@H]1CCCC[C@@H]1N. The first kappa shape index (κ1) is 13.9. The van der Waals surface area contributed by atoms with E-state index >= 15 is 0 Å². The molecule has 17 heavy (non-hydrogen) atoms. The fourth-order valence-corrected chi connectivity index (χ4v) is 2.23. The minimum atomic E-state index is -0.510. The minimum Gasteiger partial charge on any atom is -0.396 e. The summed E-state index contributed by atoms with van der Waals surface area (Å²) in [4.78, 5) is 11.9. The molecule has 1 unspecified atom stereocenters. The van der Waals surface area contributed by atoms with Crippen molar-refractivity contribution in [1.29, 1.82) is 5.26 Å². The standard InChI is InChI=1S/C12H21N3O2/c13-8-9(4-3-7-16)15-12(17)10-5-1-2-6-11(10)14/h9-11,16H,1-7,14H2,(H,15,17)/t9?,10-,11+/m1/s1. The number of hydrogen-bond donors (Lipinski definition) is 3. The molecule has 3 atom stereocenters. The van der Waals surface area contributed by atoms with E-state index in [4.69, 9.17) is 16.1 Å². The van der Waals surface area contributed by atoms with E-state index in [9.17, 15) is 4.79 Å². The second-order valence-electron chi connectivity index (χ2n) is 4.61. The maximum Gasteiger partial charge on any atom is 0.225 e. The molecule has 0 aromatic rings. The Hall–Kier alpha value is -1.12. The van der Waals surface area contributed by atoms with Gasteiger partial charge >= 0.3 is 0 Å². The van der Waals surface area contributed by atoms with E-state index in [1.807, 2.05) is 6.07 Å². The van der Waals surface area contributed by atoms with Gasteiger partial charge in [0.15, 0.2) is 0 Å². The molecule has 1 aliphatic carbocycles.